The van der Waals surface area contributed by atoms with E-state index >= 15 is 0 Å². The molecule has 8 heteroatoms. The summed E-state index contributed by atoms with van der Waals surface area (Å²) in [4.78, 5) is 0. The van der Waals surface area contributed by atoms with E-state index in [2.05, 4.69) is 5.32 Å². The zero-order valence-electron chi connectivity index (χ0n) is 13.4. The third-order valence-corrected chi connectivity index (χ3v) is 4.16. The second-order valence-corrected chi connectivity index (χ2v) is 5.95. The van der Waals surface area contributed by atoms with Crippen molar-refractivity contribution in [3.8, 4) is 0 Å². The highest BCUT2D eigenvalue weighted by atomic mass is 19.2. The number of hydrogen-bond donors (Lipinski definition) is 0. The van der Waals surface area contributed by atoms with Gasteiger partial charge in [0, 0.05) is 37.4 Å². The SMILES string of the molecule is Fc1cc(F)c(C(OC2CC[N]CC2)c2c(F)cc(F)cc2F)c(F)c1. The first-order chi connectivity index (χ1) is 12.4. The molecule has 0 amide bonds. The fourth-order valence-electron chi connectivity index (χ4n) is 2.94. The molecule has 0 aliphatic carbocycles. The molecule has 0 bridgehead atoms. The molecule has 0 spiro atoms. The minimum absolute atomic E-state index is 0.393. The zero-order valence-corrected chi connectivity index (χ0v) is 13.4. The molecule has 1 saturated heterocycles. The van der Waals surface area contributed by atoms with Crippen LogP contribution in [0.1, 0.15) is 30.1 Å². The summed E-state index contributed by atoms with van der Waals surface area (Å²) in [5.41, 5.74) is -1.67. The molecule has 2 aromatic rings. The summed E-state index contributed by atoms with van der Waals surface area (Å²) in [6.45, 7) is 0.861. The number of rotatable bonds is 4. The third kappa shape index (κ3) is 3.86. The van der Waals surface area contributed by atoms with Crippen LogP contribution in [0.5, 0.6) is 0 Å². The monoisotopic (exact) mass is 374 g/mol. The van der Waals surface area contributed by atoms with Crippen molar-refractivity contribution in [1.82, 2.24) is 5.32 Å². The van der Waals surface area contributed by atoms with E-state index < -0.39 is 58.2 Å². The third-order valence-electron chi connectivity index (χ3n) is 4.16. The fraction of sp³-hybridized carbons (Fsp3) is 0.333. The Hall–Kier alpha value is -2.06. The Kier molecular flexibility index (Phi) is 5.52. The maximum Gasteiger partial charge on any atom is 0.135 e. The van der Waals surface area contributed by atoms with Crippen molar-refractivity contribution in [2.45, 2.75) is 25.0 Å². The van der Waals surface area contributed by atoms with Gasteiger partial charge in [0.15, 0.2) is 0 Å². The largest absolute Gasteiger partial charge is 0.365 e. The first-order valence-corrected chi connectivity index (χ1v) is 7.94. The van der Waals surface area contributed by atoms with Gasteiger partial charge in [0.25, 0.3) is 0 Å². The molecule has 1 fully saturated rings. The van der Waals surface area contributed by atoms with E-state index in [1.807, 2.05) is 0 Å². The topological polar surface area (TPSA) is 23.3 Å². The van der Waals surface area contributed by atoms with Crippen LogP contribution >= 0.6 is 0 Å². The first-order valence-electron chi connectivity index (χ1n) is 7.94. The lowest BCUT2D eigenvalue weighted by atomic mass is 9.97. The van der Waals surface area contributed by atoms with Crippen molar-refractivity contribution in [1.29, 1.82) is 0 Å². The van der Waals surface area contributed by atoms with E-state index in [0.29, 0.717) is 50.2 Å². The molecule has 3 rings (SSSR count). The summed E-state index contributed by atoms with van der Waals surface area (Å²) in [7, 11) is 0. The molecule has 0 N–H and O–H groups in total. The Bertz CT molecular complexity index is 703. The average Bonchev–Trinajstić information content (AvgIpc) is 2.53. The van der Waals surface area contributed by atoms with Crippen LogP contribution in [0.4, 0.5) is 26.3 Å². The van der Waals surface area contributed by atoms with Crippen LogP contribution in [0.25, 0.3) is 0 Å². The molecule has 0 atom stereocenters. The summed E-state index contributed by atoms with van der Waals surface area (Å²) < 4.78 is 89.0. The van der Waals surface area contributed by atoms with Gasteiger partial charge >= 0.3 is 0 Å². The molecule has 1 radical (unpaired) electrons. The Morgan fingerprint density at radius 2 is 1.12 bits per heavy atom. The maximum absolute atomic E-state index is 14.2. The molecule has 2 aromatic carbocycles. The lowest BCUT2D eigenvalue weighted by molar-refractivity contribution is -0.0145. The quantitative estimate of drug-likeness (QED) is 0.728. The molecule has 2 nitrogen and oxygen atoms in total. The van der Waals surface area contributed by atoms with Crippen molar-refractivity contribution >= 4 is 0 Å². The van der Waals surface area contributed by atoms with E-state index in [1.165, 1.54) is 0 Å². The number of piperidine rings is 1. The minimum Gasteiger partial charge on any atom is -0.365 e. The van der Waals surface area contributed by atoms with Crippen LogP contribution in [-0.4, -0.2) is 19.2 Å². The molecule has 1 aliphatic rings. The summed E-state index contributed by atoms with van der Waals surface area (Å²) in [6, 6.07) is 1.57. The van der Waals surface area contributed by atoms with E-state index in [0.717, 1.165) is 0 Å². The molecule has 0 unspecified atom stereocenters. The molecular formula is C18H14F6NO. The van der Waals surface area contributed by atoms with Gasteiger partial charge in [0.05, 0.1) is 17.2 Å². The smallest absolute Gasteiger partial charge is 0.135 e. The van der Waals surface area contributed by atoms with Crippen molar-refractivity contribution < 1.29 is 31.1 Å². The summed E-state index contributed by atoms with van der Waals surface area (Å²) in [5, 5.41) is 4.10. The Morgan fingerprint density at radius 1 is 0.731 bits per heavy atom. The highest BCUT2D eigenvalue weighted by Crippen LogP contribution is 2.36. The summed E-state index contributed by atoms with van der Waals surface area (Å²) in [6.07, 6.45) is -1.61. The van der Waals surface area contributed by atoms with Crippen molar-refractivity contribution in [2.24, 2.45) is 0 Å². The molecular weight excluding hydrogens is 360 g/mol. The standard InChI is InChI=1S/C18H14F6NO/c19-9-5-12(21)16(13(22)6-9)18(26-11-1-3-25-4-2-11)17-14(23)7-10(20)8-15(17)24/h5-8,11,18H,1-4H2. The summed E-state index contributed by atoms with van der Waals surface area (Å²) in [5.74, 6) is -7.77. The Morgan fingerprint density at radius 3 is 1.50 bits per heavy atom. The second-order valence-electron chi connectivity index (χ2n) is 5.95. The number of benzene rings is 2. The Labute approximate surface area is 145 Å². The van der Waals surface area contributed by atoms with Gasteiger partial charge in [-0.3, -0.25) is 0 Å². The average molecular weight is 374 g/mol. The Balaban J connectivity index is 2.11. The van der Waals surface area contributed by atoms with Crippen molar-refractivity contribution in [3.63, 3.8) is 0 Å². The van der Waals surface area contributed by atoms with E-state index in [9.17, 15) is 26.3 Å². The normalized spacial score (nSPS) is 15.7. The van der Waals surface area contributed by atoms with Gasteiger partial charge in [-0.1, -0.05) is 0 Å². The zero-order chi connectivity index (χ0) is 18.8. The van der Waals surface area contributed by atoms with Gasteiger partial charge in [-0.25, -0.2) is 31.7 Å². The predicted octanol–water partition coefficient (Wildman–Crippen LogP) is 4.39. The molecule has 0 saturated carbocycles. The first kappa shape index (κ1) is 18.7. The minimum atomic E-state index is -1.83. The number of halogens is 6. The molecule has 26 heavy (non-hydrogen) atoms. The molecule has 139 valence electrons. The van der Waals surface area contributed by atoms with Crippen LogP contribution < -0.4 is 5.32 Å². The van der Waals surface area contributed by atoms with Crippen LogP contribution in [0.15, 0.2) is 24.3 Å². The van der Waals surface area contributed by atoms with Crippen LogP contribution in [0.3, 0.4) is 0 Å². The highest BCUT2D eigenvalue weighted by molar-refractivity contribution is 5.35. The fourth-order valence-corrected chi connectivity index (χ4v) is 2.94. The van der Waals surface area contributed by atoms with Gasteiger partial charge in [0.1, 0.15) is 41.0 Å². The molecule has 0 aromatic heterocycles. The maximum atomic E-state index is 14.2. The van der Waals surface area contributed by atoms with Gasteiger partial charge in [0.2, 0.25) is 0 Å². The predicted molar refractivity (Wildman–Crippen MR) is 80.5 cm³/mol. The van der Waals surface area contributed by atoms with E-state index in [-0.39, 0.29) is 0 Å². The van der Waals surface area contributed by atoms with Crippen molar-refractivity contribution in [3.05, 3.63) is 70.3 Å². The van der Waals surface area contributed by atoms with Gasteiger partial charge in [-0.2, -0.15) is 0 Å². The lowest BCUT2D eigenvalue weighted by Crippen LogP contribution is -2.30. The van der Waals surface area contributed by atoms with Gasteiger partial charge in [-0.15, -0.1) is 0 Å². The highest BCUT2D eigenvalue weighted by Gasteiger charge is 2.32. The van der Waals surface area contributed by atoms with Crippen LogP contribution in [0.2, 0.25) is 0 Å². The van der Waals surface area contributed by atoms with Crippen LogP contribution in [0, 0.1) is 34.9 Å². The number of hydrogen-bond acceptors (Lipinski definition) is 1. The second kappa shape index (κ2) is 7.67. The lowest BCUT2D eigenvalue weighted by Gasteiger charge is -2.29. The summed E-state index contributed by atoms with van der Waals surface area (Å²) >= 11 is 0. The molecule has 1 heterocycles. The van der Waals surface area contributed by atoms with Crippen LogP contribution in [-0.2, 0) is 4.74 Å². The van der Waals surface area contributed by atoms with Crippen molar-refractivity contribution in [2.75, 3.05) is 13.1 Å². The van der Waals surface area contributed by atoms with E-state index in [1.54, 1.807) is 0 Å². The van der Waals surface area contributed by atoms with E-state index in [4.69, 9.17) is 4.74 Å². The number of ether oxygens (including phenoxy) is 1. The van der Waals surface area contributed by atoms with Gasteiger partial charge in [-0.05, 0) is 12.8 Å². The molecule has 1 aliphatic heterocycles. The van der Waals surface area contributed by atoms with Gasteiger partial charge < -0.3 is 4.74 Å². The number of nitrogens with zero attached hydrogens (tertiary/aromatic N) is 1.